The quantitative estimate of drug-likeness (QED) is 0.276. The Morgan fingerprint density at radius 3 is 2.42 bits per heavy atom. The summed E-state index contributed by atoms with van der Waals surface area (Å²) in [6, 6.07) is 14.6. The number of rotatable bonds is 5. The topological polar surface area (TPSA) is 81.4 Å². The minimum Gasteiger partial charge on any atom is -0.283 e. The third kappa shape index (κ3) is 3.76. The second kappa shape index (κ2) is 7.69. The number of nitrogens with zero attached hydrogens (tertiary/aromatic N) is 2. The van der Waals surface area contributed by atoms with Gasteiger partial charge in [-0.25, -0.2) is 18.3 Å². The first kappa shape index (κ1) is 20.0. The van der Waals surface area contributed by atoms with Crippen molar-refractivity contribution in [3.8, 4) is 5.69 Å². The maximum Gasteiger partial charge on any atom is 0.248 e. The molecule has 0 amide bonds. The number of imidazole rings is 1. The van der Waals surface area contributed by atoms with Gasteiger partial charge in [0.15, 0.2) is 0 Å². The number of sulfone groups is 1. The van der Waals surface area contributed by atoms with Crippen molar-refractivity contribution in [3.63, 3.8) is 0 Å². The SMILES string of the molecule is O=S(=O)(c1nc2cc(CCOO)ccc2n1-c1ccccc1)C(Br)(Br)Br. The Balaban J connectivity index is 2.29. The van der Waals surface area contributed by atoms with Crippen molar-refractivity contribution in [2.45, 2.75) is 13.1 Å². The van der Waals surface area contributed by atoms with Crippen LogP contribution < -0.4 is 0 Å². The number of fused-ring (bicyclic) bond motifs is 1. The van der Waals surface area contributed by atoms with Crippen LogP contribution in [-0.4, -0.2) is 31.3 Å². The molecule has 0 spiro atoms. The van der Waals surface area contributed by atoms with Crippen molar-refractivity contribution in [3.05, 3.63) is 54.1 Å². The molecule has 0 saturated carbocycles. The predicted octanol–water partition coefficient (Wildman–Crippen LogP) is 4.63. The monoisotopic (exact) mass is 566 g/mol. The highest BCUT2D eigenvalue weighted by atomic mass is 80.0. The van der Waals surface area contributed by atoms with E-state index in [9.17, 15) is 8.42 Å². The van der Waals surface area contributed by atoms with E-state index in [1.165, 1.54) is 0 Å². The molecule has 1 heterocycles. The van der Waals surface area contributed by atoms with Gasteiger partial charge in [-0.15, -0.1) is 0 Å². The molecular formula is C16H13Br3N2O4S. The summed E-state index contributed by atoms with van der Waals surface area (Å²) < 4.78 is 26.0. The van der Waals surface area contributed by atoms with E-state index >= 15 is 0 Å². The van der Waals surface area contributed by atoms with Crippen LogP contribution in [0.2, 0.25) is 0 Å². The van der Waals surface area contributed by atoms with Crippen LogP contribution in [0.5, 0.6) is 0 Å². The van der Waals surface area contributed by atoms with E-state index in [-0.39, 0.29) is 11.8 Å². The van der Waals surface area contributed by atoms with Gasteiger partial charge in [-0.1, -0.05) is 24.3 Å². The minimum absolute atomic E-state index is 0.111. The van der Waals surface area contributed by atoms with Crippen LogP contribution >= 0.6 is 47.8 Å². The molecule has 0 fully saturated rings. The van der Waals surface area contributed by atoms with Crippen LogP contribution in [0.15, 0.2) is 53.7 Å². The molecular weight excluding hydrogens is 556 g/mol. The molecule has 10 heteroatoms. The lowest BCUT2D eigenvalue weighted by Crippen LogP contribution is -2.21. The van der Waals surface area contributed by atoms with Gasteiger partial charge in [-0.05, 0) is 84.0 Å². The number of alkyl halides is 3. The van der Waals surface area contributed by atoms with Gasteiger partial charge in [0.1, 0.15) is 0 Å². The highest BCUT2D eigenvalue weighted by Gasteiger charge is 2.41. The lowest BCUT2D eigenvalue weighted by molar-refractivity contribution is -0.241. The molecule has 26 heavy (non-hydrogen) atoms. The number of aromatic nitrogens is 2. The lowest BCUT2D eigenvalue weighted by Gasteiger charge is -2.15. The second-order valence-corrected chi connectivity index (χ2v) is 15.7. The summed E-state index contributed by atoms with van der Waals surface area (Å²) in [6.45, 7) is 0.142. The minimum atomic E-state index is -3.91. The molecule has 138 valence electrons. The fourth-order valence-electron chi connectivity index (χ4n) is 2.53. The Hall–Kier alpha value is -0.780. The first-order valence-electron chi connectivity index (χ1n) is 7.40. The van der Waals surface area contributed by atoms with Crippen molar-refractivity contribution in [2.24, 2.45) is 0 Å². The van der Waals surface area contributed by atoms with Crippen LogP contribution in [0, 0.1) is 0 Å². The zero-order valence-corrected chi connectivity index (χ0v) is 18.7. The Bertz CT molecular complexity index is 1030. The third-order valence-corrected chi connectivity index (χ3v) is 8.93. The molecule has 0 aliphatic carbocycles. The summed E-state index contributed by atoms with van der Waals surface area (Å²) in [5.74, 6) is 0. The molecule has 0 unspecified atom stereocenters. The molecule has 0 saturated heterocycles. The summed E-state index contributed by atoms with van der Waals surface area (Å²) in [5.41, 5.74) is 2.73. The zero-order chi connectivity index (χ0) is 18.9. The maximum atomic E-state index is 13.0. The van der Waals surface area contributed by atoms with Crippen molar-refractivity contribution < 1.29 is 18.6 Å². The van der Waals surface area contributed by atoms with Crippen LogP contribution in [0.25, 0.3) is 16.7 Å². The van der Waals surface area contributed by atoms with Crippen molar-refractivity contribution >= 4 is 68.7 Å². The van der Waals surface area contributed by atoms with Gasteiger partial charge in [0, 0.05) is 5.69 Å². The third-order valence-electron chi connectivity index (χ3n) is 3.73. The summed E-state index contributed by atoms with van der Waals surface area (Å²) in [6.07, 6.45) is 0.478. The fraction of sp³-hybridized carbons (Fsp3) is 0.188. The fourth-order valence-corrected chi connectivity index (χ4v) is 4.71. The second-order valence-electron chi connectivity index (χ2n) is 5.42. The van der Waals surface area contributed by atoms with E-state index in [0.29, 0.717) is 23.1 Å². The average Bonchev–Trinajstić information content (AvgIpc) is 2.99. The van der Waals surface area contributed by atoms with Crippen molar-refractivity contribution in [1.29, 1.82) is 0 Å². The molecule has 2 aromatic carbocycles. The Kier molecular flexibility index (Phi) is 5.90. The Morgan fingerprint density at radius 1 is 1.12 bits per heavy atom. The lowest BCUT2D eigenvalue weighted by atomic mass is 10.1. The molecule has 3 rings (SSSR count). The molecule has 6 nitrogen and oxygen atoms in total. The van der Waals surface area contributed by atoms with Crippen LogP contribution in [0.4, 0.5) is 0 Å². The molecule has 0 bridgehead atoms. The normalized spacial score (nSPS) is 12.6. The Morgan fingerprint density at radius 2 is 1.81 bits per heavy atom. The van der Waals surface area contributed by atoms with E-state index in [2.05, 4.69) is 57.7 Å². The highest BCUT2D eigenvalue weighted by Crippen LogP contribution is 2.44. The highest BCUT2D eigenvalue weighted by molar-refractivity contribution is 9.42. The Labute approximate surface area is 175 Å². The number of para-hydroxylation sites is 1. The molecule has 0 aliphatic rings. The molecule has 1 aromatic heterocycles. The van der Waals surface area contributed by atoms with Crippen LogP contribution in [0.3, 0.4) is 0 Å². The average molecular weight is 569 g/mol. The maximum absolute atomic E-state index is 13.0. The molecule has 1 N–H and O–H groups in total. The van der Waals surface area contributed by atoms with Crippen LogP contribution in [-0.2, 0) is 21.1 Å². The molecule has 0 aliphatic heterocycles. The summed E-state index contributed by atoms with van der Waals surface area (Å²) >= 11 is 9.29. The van der Waals surface area contributed by atoms with Crippen LogP contribution in [0.1, 0.15) is 5.56 Å². The zero-order valence-electron chi connectivity index (χ0n) is 13.1. The number of halogens is 3. The van der Waals surface area contributed by atoms with Gasteiger partial charge >= 0.3 is 0 Å². The first-order valence-corrected chi connectivity index (χ1v) is 11.3. The largest absolute Gasteiger partial charge is 0.283 e. The molecule has 0 atom stereocenters. The van der Waals surface area contributed by atoms with E-state index in [1.54, 1.807) is 16.7 Å². The van der Waals surface area contributed by atoms with Gasteiger partial charge in [0.25, 0.3) is 0 Å². The molecule has 0 radical (unpaired) electrons. The van der Waals surface area contributed by atoms with E-state index < -0.39 is 11.3 Å². The van der Waals surface area contributed by atoms with Gasteiger partial charge in [0.2, 0.25) is 16.5 Å². The summed E-state index contributed by atoms with van der Waals surface area (Å²) in [4.78, 5) is 8.49. The van der Waals surface area contributed by atoms with Gasteiger partial charge < -0.3 is 0 Å². The van der Waals surface area contributed by atoms with E-state index in [0.717, 1.165) is 5.56 Å². The van der Waals surface area contributed by atoms with E-state index in [4.69, 9.17) is 5.26 Å². The summed E-state index contributed by atoms with van der Waals surface area (Å²) in [7, 11) is -3.91. The van der Waals surface area contributed by atoms with E-state index in [1.807, 2.05) is 36.4 Å². The summed E-state index contributed by atoms with van der Waals surface area (Å²) in [5, 5.41) is 8.41. The van der Waals surface area contributed by atoms with Gasteiger partial charge in [0.05, 0.1) is 17.6 Å². The smallest absolute Gasteiger partial charge is 0.248 e. The number of hydrogen-bond donors (Lipinski definition) is 1. The first-order chi connectivity index (χ1) is 12.3. The van der Waals surface area contributed by atoms with Gasteiger partial charge in [-0.3, -0.25) is 9.82 Å². The standard InChI is InChI=1S/C16H13Br3N2O4S/c17-16(18,19)26(23,24)15-20-13-10-11(8-9-25-22)6-7-14(13)21(15)12-4-2-1-3-5-12/h1-7,10,22H,8-9H2. The van der Waals surface area contributed by atoms with Gasteiger partial charge in [-0.2, -0.15) is 0 Å². The number of hydrogen-bond acceptors (Lipinski definition) is 5. The van der Waals surface area contributed by atoms with Crippen molar-refractivity contribution in [2.75, 3.05) is 6.61 Å². The predicted molar refractivity (Wildman–Crippen MR) is 110 cm³/mol. The molecule has 3 aromatic rings. The van der Waals surface area contributed by atoms with Crippen molar-refractivity contribution in [1.82, 2.24) is 9.55 Å². The number of benzene rings is 2.